The van der Waals surface area contributed by atoms with Gasteiger partial charge in [-0.2, -0.15) is 0 Å². The van der Waals surface area contributed by atoms with E-state index in [9.17, 15) is 8.42 Å². The fraction of sp³-hybridized carbons (Fsp3) is 0.400. The summed E-state index contributed by atoms with van der Waals surface area (Å²) in [6, 6.07) is 9.50. The van der Waals surface area contributed by atoms with Crippen molar-refractivity contribution in [2.24, 2.45) is 17.0 Å². The minimum atomic E-state index is -3.50. The highest BCUT2D eigenvalue weighted by atomic mass is 32.2. The molecule has 1 aromatic heterocycles. The molecule has 1 aromatic carbocycles. The maximum atomic E-state index is 11.2. The highest BCUT2D eigenvalue weighted by Crippen LogP contribution is 2.21. The third kappa shape index (κ3) is 4.68. The van der Waals surface area contributed by atoms with Crippen LogP contribution >= 0.6 is 0 Å². The van der Waals surface area contributed by atoms with Gasteiger partial charge in [0.05, 0.1) is 17.9 Å². The normalized spacial score (nSPS) is 13.5. The van der Waals surface area contributed by atoms with E-state index in [1.54, 1.807) is 6.20 Å². The van der Waals surface area contributed by atoms with Gasteiger partial charge in [0.15, 0.2) is 0 Å². The molecule has 1 heterocycles. The molecule has 21 heavy (non-hydrogen) atoms. The number of rotatable bonds is 6. The number of sulfonamides is 1. The predicted molar refractivity (Wildman–Crippen MR) is 83.5 cm³/mol. The van der Waals surface area contributed by atoms with Crippen LogP contribution in [0, 0.1) is 11.8 Å². The largest absolute Gasteiger partial charge is 0.493 e. The highest BCUT2D eigenvalue weighted by molar-refractivity contribution is 7.89. The van der Waals surface area contributed by atoms with Crippen LogP contribution in [0.2, 0.25) is 0 Å². The van der Waals surface area contributed by atoms with Crippen molar-refractivity contribution in [2.45, 2.75) is 13.8 Å². The maximum Gasteiger partial charge on any atom is 0.209 e. The Bertz CT molecular complexity index is 714. The summed E-state index contributed by atoms with van der Waals surface area (Å²) < 4.78 is 28.2. The third-order valence-electron chi connectivity index (χ3n) is 3.43. The number of benzene rings is 1. The van der Waals surface area contributed by atoms with Crippen LogP contribution in [0.3, 0.4) is 0 Å². The van der Waals surface area contributed by atoms with Crippen molar-refractivity contribution in [1.29, 1.82) is 0 Å². The molecule has 0 bridgehead atoms. The number of pyridine rings is 1. The number of nitrogens with zero attached hydrogens (tertiary/aromatic N) is 1. The smallest absolute Gasteiger partial charge is 0.209 e. The van der Waals surface area contributed by atoms with E-state index in [1.165, 1.54) is 0 Å². The van der Waals surface area contributed by atoms with Crippen molar-refractivity contribution in [3.05, 3.63) is 36.5 Å². The Hall–Kier alpha value is -1.66. The summed E-state index contributed by atoms with van der Waals surface area (Å²) in [5.41, 5.74) is 0.850. The molecule has 0 aliphatic heterocycles. The van der Waals surface area contributed by atoms with Gasteiger partial charge in [-0.3, -0.25) is 4.98 Å². The van der Waals surface area contributed by atoms with E-state index in [2.05, 4.69) is 4.98 Å². The Morgan fingerprint density at radius 3 is 2.71 bits per heavy atom. The SMILES string of the molecule is CC(C)C(COc1ccc2cccnc2c1)CS(N)(=O)=O. The first kappa shape index (κ1) is 15.7. The Labute approximate surface area is 125 Å². The second-order valence-electron chi connectivity index (χ2n) is 5.50. The Balaban J connectivity index is 2.08. The van der Waals surface area contributed by atoms with E-state index in [1.807, 2.05) is 44.2 Å². The quantitative estimate of drug-likeness (QED) is 0.886. The van der Waals surface area contributed by atoms with Gasteiger partial charge >= 0.3 is 0 Å². The molecule has 0 saturated carbocycles. The molecular weight excluding hydrogens is 288 g/mol. The average Bonchev–Trinajstić information content (AvgIpc) is 2.41. The molecule has 0 saturated heterocycles. The number of hydrogen-bond acceptors (Lipinski definition) is 4. The van der Waals surface area contributed by atoms with Crippen molar-refractivity contribution in [3.63, 3.8) is 0 Å². The first-order valence-corrected chi connectivity index (χ1v) is 8.55. The summed E-state index contributed by atoms with van der Waals surface area (Å²) in [6.07, 6.45) is 1.73. The van der Waals surface area contributed by atoms with E-state index in [-0.39, 0.29) is 17.6 Å². The van der Waals surface area contributed by atoms with E-state index >= 15 is 0 Å². The Morgan fingerprint density at radius 1 is 1.29 bits per heavy atom. The summed E-state index contributed by atoms with van der Waals surface area (Å²) in [6.45, 7) is 4.23. The molecule has 1 unspecified atom stereocenters. The topological polar surface area (TPSA) is 82.3 Å². The lowest BCUT2D eigenvalue weighted by Crippen LogP contribution is -2.30. The standard InChI is InChI=1S/C15H20N2O3S/c1-11(2)13(10-21(16,18)19)9-20-14-6-5-12-4-3-7-17-15(12)8-14/h3-8,11,13H,9-10H2,1-2H3,(H2,16,18,19). The van der Waals surface area contributed by atoms with Crippen LogP contribution < -0.4 is 9.88 Å². The third-order valence-corrected chi connectivity index (χ3v) is 4.32. The minimum absolute atomic E-state index is 0.0729. The van der Waals surface area contributed by atoms with Crippen molar-refractivity contribution in [1.82, 2.24) is 4.98 Å². The van der Waals surface area contributed by atoms with Gasteiger partial charge < -0.3 is 4.74 Å². The zero-order chi connectivity index (χ0) is 15.5. The highest BCUT2D eigenvalue weighted by Gasteiger charge is 2.20. The van der Waals surface area contributed by atoms with Gasteiger partial charge in [0.1, 0.15) is 5.75 Å². The number of nitrogens with two attached hydrogens (primary N) is 1. The molecule has 0 spiro atoms. The molecule has 5 nitrogen and oxygen atoms in total. The van der Waals surface area contributed by atoms with Gasteiger partial charge in [-0.15, -0.1) is 0 Å². The van der Waals surface area contributed by atoms with E-state index < -0.39 is 10.0 Å². The lowest BCUT2D eigenvalue weighted by Gasteiger charge is -2.20. The van der Waals surface area contributed by atoms with Crippen molar-refractivity contribution in [2.75, 3.05) is 12.4 Å². The maximum absolute atomic E-state index is 11.2. The molecule has 0 radical (unpaired) electrons. The first-order chi connectivity index (χ1) is 9.85. The van der Waals surface area contributed by atoms with Crippen LogP contribution in [0.25, 0.3) is 10.9 Å². The predicted octanol–water partition coefficient (Wildman–Crippen LogP) is 2.17. The number of hydrogen-bond donors (Lipinski definition) is 1. The average molecular weight is 308 g/mol. The molecule has 6 heteroatoms. The molecule has 0 aliphatic rings. The minimum Gasteiger partial charge on any atom is -0.493 e. The summed E-state index contributed by atoms with van der Waals surface area (Å²) in [5.74, 6) is 0.638. The van der Waals surface area contributed by atoms with Crippen molar-refractivity contribution < 1.29 is 13.2 Å². The number of ether oxygens (including phenoxy) is 1. The van der Waals surface area contributed by atoms with Crippen molar-refractivity contribution >= 4 is 20.9 Å². The van der Waals surface area contributed by atoms with Crippen LogP contribution in [-0.4, -0.2) is 25.8 Å². The second-order valence-corrected chi connectivity index (χ2v) is 7.16. The van der Waals surface area contributed by atoms with E-state index in [0.717, 1.165) is 10.9 Å². The second kappa shape index (κ2) is 6.41. The fourth-order valence-corrected chi connectivity index (χ4v) is 3.15. The molecule has 0 aliphatic carbocycles. The number of fused-ring (bicyclic) bond motifs is 1. The molecule has 2 rings (SSSR count). The van der Waals surface area contributed by atoms with Gasteiger partial charge in [-0.25, -0.2) is 13.6 Å². The van der Waals surface area contributed by atoms with Gasteiger partial charge in [-0.05, 0) is 24.1 Å². The molecule has 2 aromatic rings. The first-order valence-electron chi connectivity index (χ1n) is 6.83. The summed E-state index contributed by atoms with van der Waals surface area (Å²) >= 11 is 0. The Morgan fingerprint density at radius 2 is 2.05 bits per heavy atom. The van der Waals surface area contributed by atoms with Crippen LogP contribution in [0.5, 0.6) is 5.75 Å². The van der Waals surface area contributed by atoms with Gasteiger partial charge in [0.25, 0.3) is 0 Å². The van der Waals surface area contributed by atoms with Crippen LogP contribution in [-0.2, 0) is 10.0 Å². The zero-order valence-corrected chi connectivity index (χ0v) is 13.0. The van der Waals surface area contributed by atoms with Gasteiger partial charge in [0, 0.05) is 23.6 Å². The fourth-order valence-electron chi connectivity index (χ4n) is 2.07. The van der Waals surface area contributed by atoms with Gasteiger partial charge in [0.2, 0.25) is 10.0 Å². The molecule has 0 fully saturated rings. The van der Waals surface area contributed by atoms with E-state index in [0.29, 0.717) is 12.4 Å². The summed E-state index contributed by atoms with van der Waals surface area (Å²) in [5, 5.41) is 6.16. The van der Waals surface area contributed by atoms with Gasteiger partial charge in [-0.1, -0.05) is 19.9 Å². The molecule has 1 atom stereocenters. The molecule has 0 amide bonds. The lowest BCUT2D eigenvalue weighted by molar-refractivity contribution is 0.225. The summed E-state index contributed by atoms with van der Waals surface area (Å²) in [4.78, 5) is 4.27. The number of aromatic nitrogens is 1. The summed E-state index contributed by atoms with van der Waals surface area (Å²) in [7, 11) is -3.50. The molecular formula is C15H20N2O3S. The van der Waals surface area contributed by atoms with Crippen molar-refractivity contribution in [3.8, 4) is 5.75 Å². The van der Waals surface area contributed by atoms with E-state index in [4.69, 9.17) is 9.88 Å². The van der Waals surface area contributed by atoms with Crippen LogP contribution in [0.15, 0.2) is 36.5 Å². The molecule has 2 N–H and O–H groups in total. The Kier molecular flexibility index (Phi) is 4.80. The monoisotopic (exact) mass is 308 g/mol. The van der Waals surface area contributed by atoms with Crippen LogP contribution in [0.1, 0.15) is 13.8 Å². The molecule has 114 valence electrons. The lowest BCUT2D eigenvalue weighted by atomic mass is 9.99. The zero-order valence-electron chi connectivity index (χ0n) is 12.2. The van der Waals surface area contributed by atoms with Crippen LogP contribution in [0.4, 0.5) is 0 Å². The number of primary sulfonamides is 1.